The summed E-state index contributed by atoms with van der Waals surface area (Å²) in [6.45, 7) is 2.27. The third-order valence-electron chi connectivity index (χ3n) is 3.95. The molecule has 0 fully saturated rings. The lowest BCUT2D eigenvalue weighted by atomic mass is 10.0. The molecule has 0 saturated carbocycles. The summed E-state index contributed by atoms with van der Waals surface area (Å²) in [5.74, 6) is 1.20. The van der Waals surface area contributed by atoms with Gasteiger partial charge in [0.15, 0.2) is 0 Å². The highest BCUT2D eigenvalue weighted by molar-refractivity contribution is 4.91. The second-order valence-electron chi connectivity index (χ2n) is 5.54. The molecule has 0 aromatic carbocycles. The van der Waals surface area contributed by atoms with Crippen LogP contribution in [0.2, 0.25) is 0 Å². The molecule has 0 saturated heterocycles. The van der Waals surface area contributed by atoms with Gasteiger partial charge in [-0.05, 0) is 19.9 Å². The van der Waals surface area contributed by atoms with Gasteiger partial charge in [-0.25, -0.2) is 4.98 Å². The molecule has 1 heterocycles. The SMILES string of the molecule is CCCCCCCCC(CCc1nccn1C)NC. The van der Waals surface area contributed by atoms with E-state index >= 15 is 0 Å². The maximum Gasteiger partial charge on any atom is 0.108 e. The molecule has 110 valence electrons. The van der Waals surface area contributed by atoms with E-state index in [0.29, 0.717) is 6.04 Å². The van der Waals surface area contributed by atoms with Crippen molar-refractivity contribution in [1.29, 1.82) is 0 Å². The van der Waals surface area contributed by atoms with Gasteiger partial charge in [0.2, 0.25) is 0 Å². The van der Waals surface area contributed by atoms with Crippen molar-refractivity contribution in [3.8, 4) is 0 Å². The summed E-state index contributed by atoms with van der Waals surface area (Å²) in [7, 11) is 4.16. The minimum Gasteiger partial charge on any atom is -0.338 e. The van der Waals surface area contributed by atoms with Crippen LogP contribution in [0.5, 0.6) is 0 Å². The second kappa shape index (κ2) is 10.0. The summed E-state index contributed by atoms with van der Waals surface area (Å²) in [5, 5.41) is 3.45. The predicted molar refractivity (Wildman–Crippen MR) is 82.4 cm³/mol. The van der Waals surface area contributed by atoms with Crippen LogP contribution in [0.15, 0.2) is 12.4 Å². The third-order valence-corrected chi connectivity index (χ3v) is 3.95. The van der Waals surface area contributed by atoms with Gasteiger partial charge in [-0.1, -0.05) is 45.4 Å². The topological polar surface area (TPSA) is 29.9 Å². The van der Waals surface area contributed by atoms with E-state index in [-0.39, 0.29) is 0 Å². The van der Waals surface area contributed by atoms with Crippen LogP contribution in [0, 0.1) is 0 Å². The first kappa shape index (κ1) is 16.2. The Morgan fingerprint density at radius 2 is 1.89 bits per heavy atom. The molecule has 1 atom stereocenters. The number of rotatable bonds is 11. The Labute approximate surface area is 118 Å². The Hall–Kier alpha value is -0.830. The molecule has 0 spiro atoms. The molecule has 1 aromatic heterocycles. The zero-order valence-electron chi connectivity index (χ0n) is 13.0. The number of imidazole rings is 1. The molecule has 1 unspecified atom stereocenters. The van der Waals surface area contributed by atoms with Crippen LogP contribution in [0.3, 0.4) is 0 Å². The van der Waals surface area contributed by atoms with Gasteiger partial charge in [0, 0.05) is 31.9 Å². The van der Waals surface area contributed by atoms with E-state index in [4.69, 9.17) is 0 Å². The summed E-state index contributed by atoms with van der Waals surface area (Å²) in [4.78, 5) is 4.39. The quantitative estimate of drug-likeness (QED) is 0.618. The summed E-state index contributed by atoms with van der Waals surface area (Å²) in [6.07, 6.45) is 15.8. The fourth-order valence-corrected chi connectivity index (χ4v) is 2.54. The number of aromatic nitrogens is 2. The van der Waals surface area contributed by atoms with Crippen LogP contribution in [0.25, 0.3) is 0 Å². The zero-order valence-corrected chi connectivity index (χ0v) is 13.0. The first-order valence-corrected chi connectivity index (χ1v) is 7.91. The lowest BCUT2D eigenvalue weighted by Gasteiger charge is -2.15. The van der Waals surface area contributed by atoms with Crippen molar-refractivity contribution in [3.63, 3.8) is 0 Å². The van der Waals surface area contributed by atoms with E-state index in [1.54, 1.807) is 0 Å². The zero-order chi connectivity index (χ0) is 13.9. The fraction of sp³-hybridized carbons (Fsp3) is 0.812. The summed E-state index contributed by atoms with van der Waals surface area (Å²) in [5.41, 5.74) is 0. The van der Waals surface area contributed by atoms with Crippen molar-refractivity contribution in [2.45, 2.75) is 70.8 Å². The molecule has 1 rings (SSSR count). The molecular weight excluding hydrogens is 234 g/mol. The van der Waals surface area contributed by atoms with Gasteiger partial charge in [0.05, 0.1) is 0 Å². The van der Waals surface area contributed by atoms with Gasteiger partial charge in [-0.15, -0.1) is 0 Å². The predicted octanol–water partition coefficient (Wildman–Crippen LogP) is 3.69. The molecular formula is C16H31N3. The smallest absolute Gasteiger partial charge is 0.108 e. The molecule has 0 bridgehead atoms. The normalized spacial score (nSPS) is 12.8. The molecule has 0 aliphatic carbocycles. The average molecular weight is 265 g/mol. The van der Waals surface area contributed by atoms with E-state index in [2.05, 4.69) is 35.9 Å². The van der Waals surface area contributed by atoms with Gasteiger partial charge in [-0.3, -0.25) is 0 Å². The van der Waals surface area contributed by atoms with Crippen molar-refractivity contribution >= 4 is 0 Å². The molecule has 3 nitrogen and oxygen atoms in total. The van der Waals surface area contributed by atoms with Gasteiger partial charge >= 0.3 is 0 Å². The lowest BCUT2D eigenvalue weighted by molar-refractivity contribution is 0.452. The number of aryl methyl sites for hydroxylation is 2. The first-order chi connectivity index (χ1) is 9.27. The first-order valence-electron chi connectivity index (χ1n) is 7.91. The molecule has 0 radical (unpaired) electrons. The van der Waals surface area contributed by atoms with Crippen LogP contribution in [-0.4, -0.2) is 22.6 Å². The largest absolute Gasteiger partial charge is 0.338 e. The van der Waals surface area contributed by atoms with E-state index < -0.39 is 0 Å². The van der Waals surface area contributed by atoms with Crippen LogP contribution < -0.4 is 5.32 Å². The monoisotopic (exact) mass is 265 g/mol. The molecule has 0 amide bonds. The molecule has 19 heavy (non-hydrogen) atoms. The number of nitrogens with one attached hydrogen (secondary N) is 1. The highest BCUT2D eigenvalue weighted by Gasteiger charge is 2.08. The second-order valence-corrected chi connectivity index (χ2v) is 5.54. The van der Waals surface area contributed by atoms with Gasteiger partial charge in [0.25, 0.3) is 0 Å². The van der Waals surface area contributed by atoms with Crippen molar-refractivity contribution < 1.29 is 0 Å². The minimum absolute atomic E-state index is 0.642. The minimum atomic E-state index is 0.642. The van der Waals surface area contributed by atoms with E-state index in [1.807, 2.05) is 12.4 Å². The molecule has 1 N–H and O–H groups in total. The Bertz CT molecular complexity index is 320. The van der Waals surface area contributed by atoms with Gasteiger partial charge < -0.3 is 9.88 Å². The van der Waals surface area contributed by atoms with Crippen molar-refractivity contribution in [3.05, 3.63) is 18.2 Å². The van der Waals surface area contributed by atoms with Crippen molar-refractivity contribution in [2.24, 2.45) is 7.05 Å². The van der Waals surface area contributed by atoms with Crippen LogP contribution in [-0.2, 0) is 13.5 Å². The van der Waals surface area contributed by atoms with Crippen LogP contribution in [0.4, 0.5) is 0 Å². The number of unbranched alkanes of at least 4 members (excludes halogenated alkanes) is 5. The Morgan fingerprint density at radius 1 is 1.16 bits per heavy atom. The Morgan fingerprint density at radius 3 is 2.53 bits per heavy atom. The molecule has 0 aliphatic rings. The van der Waals surface area contributed by atoms with Crippen molar-refractivity contribution in [1.82, 2.24) is 14.9 Å². The Balaban J connectivity index is 2.10. The molecule has 1 aromatic rings. The maximum atomic E-state index is 4.39. The van der Waals surface area contributed by atoms with E-state index in [9.17, 15) is 0 Å². The standard InChI is InChI=1S/C16H31N3/c1-4-5-6-7-8-9-10-15(17-2)11-12-16-18-13-14-19(16)3/h13-15,17H,4-12H2,1-3H3. The molecule has 0 aliphatic heterocycles. The summed E-state index contributed by atoms with van der Waals surface area (Å²) < 4.78 is 2.12. The molecule has 3 heteroatoms. The van der Waals surface area contributed by atoms with E-state index in [1.165, 1.54) is 57.2 Å². The van der Waals surface area contributed by atoms with E-state index in [0.717, 1.165) is 6.42 Å². The lowest BCUT2D eigenvalue weighted by Crippen LogP contribution is -2.26. The fourth-order valence-electron chi connectivity index (χ4n) is 2.54. The number of hydrogen-bond donors (Lipinski definition) is 1. The van der Waals surface area contributed by atoms with Crippen LogP contribution >= 0.6 is 0 Å². The van der Waals surface area contributed by atoms with Crippen LogP contribution in [0.1, 0.15) is 64.1 Å². The Kier molecular flexibility index (Phi) is 8.55. The summed E-state index contributed by atoms with van der Waals surface area (Å²) >= 11 is 0. The third kappa shape index (κ3) is 6.76. The maximum absolute atomic E-state index is 4.39. The van der Waals surface area contributed by atoms with Gasteiger partial charge in [0.1, 0.15) is 5.82 Å². The average Bonchev–Trinajstić information content (AvgIpc) is 2.83. The summed E-state index contributed by atoms with van der Waals surface area (Å²) in [6, 6.07) is 0.642. The van der Waals surface area contributed by atoms with Gasteiger partial charge in [-0.2, -0.15) is 0 Å². The number of hydrogen-bond acceptors (Lipinski definition) is 2. The van der Waals surface area contributed by atoms with Crippen molar-refractivity contribution in [2.75, 3.05) is 7.05 Å². The number of nitrogens with zero attached hydrogens (tertiary/aromatic N) is 2. The highest BCUT2D eigenvalue weighted by atomic mass is 15.0. The highest BCUT2D eigenvalue weighted by Crippen LogP contribution is 2.11.